The van der Waals surface area contributed by atoms with Gasteiger partial charge in [0.15, 0.2) is 11.0 Å². The second kappa shape index (κ2) is 8.37. The fourth-order valence-electron chi connectivity index (χ4n) is 2.38. The van der Waals surface area contributed by atoms with Crippen LogP contribution in [0.1, 0.15) is 6.92 Å². The molecule has 8 heteroatoms. The molecule has 1 aromatic heterocycles. The highest BCUT2D eigenvalue weighted by Gasteiger charge is 2.16. The molecule has 0 unspecified atom stereocenters. The van der Waals surface area contributed by atoms with Gasteiger partial charge >= 0.3 is 10.1 Å². The molecule has 0 radical (unpaired) electrons. The van der Waals surface area contributed by atoms with Crippen molar-refractivity contribution in [2.75, 3.05) is 11.5 Å². The molecule has 136 valence electrons. The first-order valence-electron chi connectivity index (χ1n) is 8.17. The third-order valence-electron chi connectivity index (χ3n) is 3.60. The van der Waals surface area contributed by atoms with Crippen molar-refractivity contribution < 1.29 is 12.6 Å². The Labute approximate surface area is 157 Å². The number of hydrogen-bond acceptors (Lipinski definition) is 6. The highest BCUT2D eigenvalue weighted by Crippen LogP contribution is 2.24. The third kappa shape index (κ3) is 4.64. The maximum absolute atomic E-state index is 12.1. The number of rotatable bonds is 8. The molecule has 3 rings (SSSR count). The Balaban J connectivity index is 1.64. The van der Waals surface area contributed by atoms with Crippen molar-refractivity contribution in [3.8, 4) is 17.1 Å². The molecule has 0 bridgehead atoms. The average Bonchev–Trinajstić information content (AvgIpc) is 3.05. The van der Waals surface area contributed by atoms with E-state index in [1.165, 1.54) is 11.8 Å². The van der Waals surface area contributed by atoms with Gasteiger partial charge in [-0.15, -0.1) is 10.2 Å². The SMILES string of the molecule is CCn1c(SCCS(=O)(=O)Oc2ccccc2)nnc1-c1ccccc1. The van der Waals surface area contributed by atoms with Crippen molar-refractivity contribution >= 4 is 21.9 Å². The summed E-state index contributed by atoms with van der Waals surface area (Å²) in [7, 11) is -3.65. The van der Waals surface area contributed by atoms with Crippen molar-refractivity contribution in [3.05, 3.63) is 60.7 Å². The normalized spacial score (nSPS) is 11.4. The monoisotopic (exact) mass is 389 g/mol. The Morgan fingerprint density at radius 3 is 2.31 bits per heavy atom. The summed E-state index contributed by atoms with van der Waals surface area (Å²) in [6.07, 6.45) is 0. The minimum absolute atomic E-state index is 0.107. The molecule has 1 heterocycles. The molecule has 2 aromatic carbocycles. The number of para-hydroxylation sites is 1. The van der Waals surface area contributed by atoms with Crippen molar-refractivity contribution in [3.63, 3.8) is 0 Å². The van der Waals surface area contributed by atoms with Gasteiger partial charge in [-0.05, 0) is 19.1 Å². The second-order valence-corrected chi connectivity index (χ2v) is 8.18. The Bertz CT molecular complexity index is 942. The average molecular weight is 390 g/mol. The summed E-state index contributed by atoms with van der Waals surface area (Å²) in [4.78, 5) is 0. The topological polar surface area (TPSA) is 74.1 Å². The molecule has 0 fully saturated rings. The molecule has 0 saturated heterocycles. The van der Waals surface area contributed by atoms with Crippen LogP contribution in [-0.2, 0) is 16.7 Å². The number of benzene rings is 2. The summed E-state index contributed by atoms with van der Waals surface area (Å²) >= 11 is 1.35. The molecule has 0 aliphatic heterocycles. The molecule has 0 aliphatic rings. The van der Waals surface area contributed by atoms with Gasteiger partial charge < -0.3 is 8.75 Å². The van der Waals surface area contributed by atoms with Gasteiger partial charge in [0, 0.05) is 17.9 Å². The van der Waals surface area contributed by atoms with Crippen LogP contribution in [0.3, 0.4) is 0 Å². The number of aromatic nitrogens is 3. The quantitative estimate of drug-likeness (QED) is 0.434. The van der Waals surface area contributed by atoms with Gasteiger partial charge in [0.1, 0.15) is 5.75 Å². The largest absolute Gasteiger partial charge is 0.382 e. The Kier molecular flexibility index (Phi) is 5.95. The lowest BCUT2D eigenvalue weighted by molar-refractivity contribution is 0.488. The highest BCUT2D eigenvalue weighted by atomic mass is 32.2. The summed E-state index contributed by atoms with van der Waals surface area (Å²) in [6.45, 7) is 2.71. The zero-order valence-corrected chi connectivity index (χ0v) is 15.9. The lowest BCUT2D eigenvalue weighted by Crippen LogP contribution is -2.15. The van der Waals surface area contributed by atoms with Gasteiger partial charge in [-0.2, -0.15) is 8.42 Å². The van der Waals surface area contributed by atoms with Crippen molar-refractivity contribution in [2.45, 2.75) is 18.6 Å². The first kappa shape index (κ1) is 18.5. The minimum Gasteiger partial charge on any atom is -0.382 e. The predicted molar refractivity (Wildman–Crippen MR) is 103 cm³/mol. The molecule has 0 N–H and O–H groups in total. The van der Waals surface area contributed by atoms with Crippen LogP contribution < -0.4 is 4.18 Å². The van der Waals surface area contributed by atoms with E-state index in [2.05, 4.69) is 10.2 Å². The Morgan fingerprint density at radius 1 is 1.00 bits per heavy atom. The summed E-state index contributed by atoms with van der Waals surface area (Å²) in [5, 5.41) is 9.15. The van der Waals surface area contributed by atoms with Crippen molar-refractivity contribution in [1.29, 1.82) is 0 Å². The van der Waals surface area contributed by atoms with E-state index in [1.807, 2.05) is 41.8 Å². The first-order chi connectivity index (χ1) is 12.6. The number of nitrogens with zero attached hydrogens (tertiary/aromatic N) is 3. The number of thioether (sulfide) groups is 1. The molecule has 0 amide bonds. The van der Waals surface area contributed by atoms with Crippen LogP contribution >= 0.6 is 11.8 Å². The Morgan fingerprint density at radius 2 is 1.65 bits per heavy atom. The Hall–Kier alpha value is -2.32. The van der Waals surface area contributed by atoms with Crippen LogP contribution in [-0.4, -0.2) is 34.7 Å². The van der Waals surface area contributed by atoms with Gasteiger partial charge in [0.05, 0.1) is 5.75 Å². The van der Waals surface area contributed by atoms with Crippen LogP contribution in [0.2, 0.25) is 0 Å². The van der Waals surface area contributed by atoms with Gasteiger partial charge in [-0.1, -0.05) is 60.3 Å². The molecule has 6 nitrogen and oxygen atoms in total. The van der Waals surface area contributed by atoms with Crippen LogP contribution in [0.5, 0.6) is 5.75 Å². The van der Waals surface area contributed by atoms with Crippen LogP contribution in [0, 0.1) is 0 Å². The zero-order valence-electron chi connectivity index (χ0n) is 14.3. The molecule has 3 aromatic rings. The van der Waals surface area contributed by atoms with E-state index in [0.717, 1.165) is 11.4 Å². The van der Waals surface area contributed by atoms with Crippen LogP contribution in [0.4, 0.5) is 0 Å². The predicted octanol–water partition coefficient (Wildman–Crippen LogP) is 3.47. The highest BCUT2D eigenvalue weighted by molar-refractivity contribution is 8.00. The van der Waals surface area contributed by atoms with Crippen LogP contribution in [0.15, 0.2) is 65.8 Å². The maximum Gasteiger partial charge on any atom is 0.310 e. The second-order valence-electron chi connectivity index (χ2n) is 5.42. The molecule has 26 heavy (non-hydrogen) atoms. The summed E-state index contributed by atoms with van der Waals surface area (Å²) < 4.78 is 31.2. The van der Waals surface area contributed by atoms with Gasteiger partial charge in [0.25, 0.3) is 0 Å². The van der Waals surface area contributed by atoms with E-state index in [1.54, 1.807) is 30.3 Å². The summed E-state index contributed by atoms with van der Waals surface area (Å²) in [5.41, 5.74) is 0.980. The van der Waals surface area contributed by atoms with E-state index in [4.69, 9.17) is 4.18 Å². The fraction of sp³-hybridized carbons (Fsp3) is 0.222. The summed E-state index contributed by atoms with van der Waals surface area (Å²) in [6, 6.07) is 18.3. The molecule has 0 aliphatic carbocycles. The molecular formula is C18H19N3O3S2. The van der Waals surface area contributed by atoms with E-state index in [-0.39, 0.29) is 5.75 Å². The summed E-state index contributed by atoms with van der Waals surface area (Å²) in [5.74, 6) is 1.32. The van der Waals surface area contributed by atoms with Gasteiger partial charge in [-0.3, -0.25) is 0 Å². The van der Waals surface area contributed by atoms with Crippen LogP contribution in [0.25, 0.3) is 11.4 Å². The van der Waals surface area contributed by atoms with Crippen molar-refractivity contribution in [2.24, 2.45) is 0 Å². The first-order valence-corrected chi connectivity index (χ1v) is 10.7. The minimum atomic E-state index is -3.65. The van der Waals surface area contributed by atoms with E-state index < -0.39 is 10.1 Å². The standard InChI is InChI=1S/C18H19N3O3S2/c1-2-21-17(15-9-5-3-6-10-15)19-20-18(21)25-13-14-26(22,23)24-16-11-7-4-8-12-16/h3-12H,2,13-14H2,1H3. The lowest BCUT2D eigenvalue weighted by Gasteiger charge is -2.08. The molecule has 0 atom stereocenters. The van der Waals surface area contributed by atoms with Gasteiger partial charge in [-0.25, -0.2) is 0 Å². The lowest BCUT2D eigenvalue weighted by atomic mass is 10.2. The van der Waals surface area contributed by atoms with Gasteiger partial charge in [0.2, 0.25) is 0 Å². The van der Waals surface area contributed by atoms with E-state index >= 15 is 0 Å². The van der Waals surface area contributed by atoms with Crippen molar-refractivity contribution in [1.82, 2.24) is 14.8 Å². The molecule has 0 saturated carbocycles. The van der Waals surface area contributed by atoms with E-state index in [9.17, 15) is 8.42 Å². The molecular weight excluding hydrogens is 370 g/mol. The third-order valence-corrected chi connectivity index (χ3v) is 5.97. The number of hydrogen-bond donors (Lipinski definition) is 0. The maximum atomic E-state index is 12.1. The molecule has 0 spiro atoms. The smallest absolute Gasteiger partial charge is 0.310 e. The fourth-order valence-corrected chi connectivity index (χ4v) is 4.67. The zero-order chi connectivity index (χ0) is 18.4. The van der Waals surface area contributed by atoms with E-state index in [0.29, 0.717) is 23.2 Å².